The molecule has 136 valence electrons. The van der Waals surface area contributed by atoms with Crippen LogP contribution in [0.3, 0.4) is 0 Å². The molecule has 0 radical (unpaired) electrons. The number of rotatable bonds is 2. The lowest BCUT2D eigenvalue weighted by atomic mass is 9.95. The van der Waals surface area contributed by atoms with Gasteiger partial charge < -0.3 is 4.42 Å². The number of benzene rings is 5. The fourth-order valence-electron chi connectivity index (χ4n) is 4.34. The van der Waals surface area contributed by atoms with Crippen molar-refractivity contribution < 1.29 is 4.42 Å². The molecule has 0 bridgehead atoms. The topological polar surface area (TPSA) is 13.1 Å². The Kier molecular flexibility index (Phi) is 3.54. The maximum Gasteiger partial charge on any atom is 0.143 e. The predicted molar refractivity (Wildman–Crippen MR) is 122 cm³/mol. The Labute approximate surface area is 168 Å². The molecule has 0 aliphatic carbocycles. The minimum atomic E-state index is 0.924. The van der Waals surface area contributed by atoms with Crippen LogP contribution in [0.4, 0.5) is 0 Å². The Bertz CT molecular complexity index is 1490. The summed E-state index contributed by atoms with van der Waals surface area (Å²) in [4.78, 5) is 0. The predicted octanol–water partition coefficient (Wildman–Crippen LogP) is 8.07. The maximum absolute atomic E-state index is 6.59. The van der Waals surface area contributed by atoms with Gasteiger partial charge in [0.2, 0.25) is 0 Å². The van der Waals surface area contributed by atoms with Gasteiger partial charge in [-0.1, -0.05) is 103 Å². The zero-order valence-electron chi connectivity index (χ0n) is 15.8. The summed E-state index contributed by atoms with van der Waals surface area (Å²) in [7, 11) is 0. The third kappa shape index (κ3) is 2.48. The SMILES string of the molecule is c1ccc(-c2oc(-c3cc4ccccc4c4ccccc34)c3ccccc23)cc1. The van der Waals surface area contributed by atoms with E-state index in [0.29, 0.717) is 0 Å². The summed E-state index contributed by atoms with van der Waals surface area (Å²) in [5.41, 5.74) is 2.23. The van der Waals surface area contributed by atoms with E-state index >= 15 is 0 Å². The zero-order chi connectivity index (χ0) is 19.2. The minimum absolute atomic E-state index is 0.924. The summed E-state index contributed by atoms with van der Waals surface area (Å²) in [6.07, 6.45) is 0. The van der Waals surface area contributed by atoms with E-state index < -0.39 is 0 Å². The molecule has 0 atom stereocenters. The van der Waals surface area contributed by atoms with E-state index in [2.05, 4.69) is 103 Å². The van der Waals surface area contributed by atoms with Crippen LogP contribution in [-0.4, -0.2) is 0 Å². The monoisotopic (exact) mass is 370 g/mol. The van der Waals surface area contributed by atoms with Gasteiger partial charge in [0.25, 0.3) is 0 Å². The van der Waals surface area contributed by atoms with Crippen LogP contribution in [0, 0.1) is 0 Å². The fraction of sp³-hybridized carbons (Fsp3) is 0. The summed E-state index contributed by atoms with van der Waals surface area (Å²) in [6, 6.07) is 38.2. The Hall–Kier alpha value is -3.84. The first-order chi connectivity index (χ1) is 14.4. The van der Waals surface area contributed by atoms with Gasteiger partial charge in [-0.25, -0.2) is 0 Å². The number of furan rings is 1. The van der Waals surface area contributed by atoms with Gasteiger partial charge in [0.05, 0.1) is 0 Å². The zero-order valence-corrected chi connectivity index (χ0v) is 15.8. The van der Waals surface area contributed by atoms with E-state index in [-0.39, 0.29) is 0 Å². The van der Waals surface area contributed by atoms with Crippen molar-refractivity contribution in [3.05, 3.63) is 109 Å². The van der Waals surface area contributed by atoms with Crippen LogP contribution < -0.4 is 0 Å². The maximum atomic E-state index is 6.59. The van der Waals surface area contributed by atoms with E-state index in [0.717, 1.165) is 33.4 Å². The minimum Gasteiger partial charge on any atom is -0.455 e. The first-order valence-corrected chi connectivity index (χ1v) is 9.88. The molecular weight excluding hydrogens is 352 g/mol. The van der Waals surface area contributed by atoms with Crippen molar-refractivity contribution in [3.63, 3.8) is 0 Å². The summed E-state index contributed by atoms with van der Waals surface area (Å²) >= 11 is 0. The molecule has 1 aromatic heterocycles. The Morgan fingerprint density at radius 1 is 0.414 bits per heavy atom. The lowest BCUT2D eigenvalue weighted by Crippen LogP contribution is -1.83. The fourth-order valence-corrected chi connectivity index (χ4v) is 4.34. The van der Waals surface area contributed by atoms with Crippen LogP contribution in [0.2, 0.25) is 0 Å². The summed E-state index contributed by atoms with van der Waals surface area (Å²) in [5, 5.41) is 7.25. The van der Waals surface area contributed by atoms with Crippen molar-refractivity contribution in [2.45, 2.75) is 0 Å². The molecular formula is C28H18O. The van der Waals surface area contributed by atoms with Gasteiger partial charge >= 0.3 is 0 Å². The van der Waals surface area contributed by atoms with Crippen LogP contribution in [0.1, 0.15) is 0 Å². The molecule has 0 saturated carbocycles. The smallest absolute Gasteiger partial charge is 0.143 e. The van der Waals surface area contributed by atoms with Gasteiger partial charge in [-0.15, -0.1) is 0 Å². The first-order valence-electron chi connectivity index (χ1n) is 9.88. The summed E-state index contributed by atoms with van der Waals surface area (Å²) < 4.78 is 6.59. The highest BCUT2D eigenvalue weighted by Crippen LogP contribution is 2.43. The van der Waals surface area contributed by atoms with E-state index in [1.807, 2.05) is 6.07 Å². The molecule has 0 aliphatic rings. The van der Waals surface area contributed by atoms with Crippen molar-refractivity contribution in [1.82, 2.24) is 0 Å². The lowest BCUT2D eigenvalue weighted by molar-refractivity contribution is 0.602. The van der Waals surface area contributed by atoms with E-state index in [1.54, 1.807) is 0 Å². The second-order valence-electron chi connectivity index (χ2n) is 7.36. The molecule has 0 N–H and O–H groups in total. The molecule has 29 heavy (non-hydrogen) atoms. The van der Waals surface area contributed by atoms with Crippen LogP contribution in [-0.2, 0) is 0 Å². The standard InChI is InChI=1S/C28H18O/c1-2-10-19(11-3-1)27-24-16-8-9-17-25(24)28(29-27)26-18-20-12-4-5-13-21(20)22-14-6-7-15-23(22)26/h1-18H. The van der Waals surface area contributed by atoms with Gasteiger partial charge in [0.1, 0.15) is 11.5 Å². The van der Waals surface area contributed by atoms with Crippen molar-refractivity contribution in [3.8, 4) is 22.6 Å². The molecule has 0 amide bonds. The van der Waals surface area contributed by atoms with Gasteiger partial charge in [0.15, 0.2) is 0 Å². The second kappa shape index (κ2) is 6.35. The molecule has 0 fully saturated rings. The van der Waals surface area contributed by atoms with Crippen LogP contribution in [0.5, 0.6) is 0 Å². The molecule has 1 heteroatoms. The Morgan fingerprint density at radius 3 is 1.72 bits per heavy atom. The Morgan fingerprint density at radius 2 is 0.966 bits per heavy atom. The van der Waals surface area contributed by atoms with Crippen LogP contribution in [0.15, 0.2) is 114 Å². The number of fused-ring (bicyclic) bond motifs is 4. The molecule has 5 aromatic carbocycles. The van der Waals surface area contributed by atoms with Gasteiger partial charge in [-0.05, 0) is 27.6 Å². The Balaban J connectivity index is 1.74. The average Bonchev–Trinajstić information content (AvgIpc) is 3.19. The van der Waals surface area contributed by atoms with Gasteiger partial charge in [-0.3, -0.25) is 0 Å². The molecule has 0 unspecified atom stereocenters. The second-order valence-corrected chi connectivity index (χ2v) is 7.36. The number of hydrogen-bond acceptors (Lipinski definition) is 1. The molecule has 0 saturated heterocycles. The molecule has 1 heterocycles. The summed E-state index contributed by atoms with van der Waals surface area (Å²) in [5.74, 6) is 1.86. The molecule has 6 rings (SSSR count). The van der Waals surface area contributed by atoms with E-state index in [9.17, 15) is 0 Å². The summed E-state index contributed by atoms with van der Waals surface area (Å²) in [6.45, 7) is 0. The first kappa shape index (κ1) is 16.1. The molecule has 0 aliphatic heterocycles. The molecule has 0 spiro atoms. The van der Waals surface area contributed by atoms with Gasteiger partial charge in [-0.2, -0.15) is 0 Å². The quantitative estimate of drug-likeness (QED) is 0.281. The van der Waals surface area contributed by atoms with Crippen LogP contribution >= 0.6 is 0 Å². The van der Waals surface area contributed by atoms with Crippen molar-refractivity contribution in [2.24, 2.45) is 0 Å². The van der Waals surface area contributed by atoms with Crippen molar-refractivity contribution in [2.75, 3.05) is 0 Å². The lowest BCUT2D eigenvalue weighted by Gasteiger charge is -2.09. The van der Waals surface area contributed by atoms with Crippen LogP contribution in [0.25, 0.3) is 55.0 Å². The largest absolute Gasteiger partial charge is 0.455 e. The third-order valence-electron chi connectivity index (χ3n) is 5.67. The average molecular weight is 370 g/mol. The van der Waals surface area contributed by atoms with Crippen molar-refractivity contribution >= 4 is 32.3 Å². The number of hydrogen-bond donors (Lipinski definition) is 0. The van der Waals surface area contributed by atoms with Gasteiger partial charge in [0, 0.05) is 21.9 Å². The van der Waals surface area contributed by atoms with E-state index in [4.69, 9.17) is 4.42 Å². The van der Waals surface area contributed by atoms with E-state index in [1.165, 1.54) is 21.5 Å². The highest BCUT2D eigenvalue weighted by atomic mass is 16.3. The normalized spacial score (nSPS) is 11.4. The highest BCUT2D eigenvalue weighted by molar-refractivity contribution is 6.16. The molecule has 6 aromatic rings. The molecule has 1 nitrogen and oxygen atoms in total. The highest BCUT2D eigenvalue weighted by Gasteiger charge is 2.18. The van der Waals surface area contributed by atoms with Crippen molar-refractivity contribution in [1.29, 1.82) is 0 Å². The third-order valence-corrected chi connectivity index (χ3v) is 5.67.